The number of aromatic nitrogens is 2. The molecule has 5 heteroatoms. The largest absolute Gasteiger partial charge is 0.383 e. The average molecular weight is 307 g/mol. The Labute approximate surface area is 96.9 Å². The first-order chi connectivity index (χ1) is 6.77. The van der Waals surface area contributed by atoms with Crippen molar-refractivity contribution in [2.75, 3.05) is 18.9 Å². The van der Waals surface area contributed by atoms with Crippen molar-refractivity contribution in [3.05, 3.63) is 9.77 Å². The van der Waals surface area contributed by atoms with Gasteiger partial charge in [-0.2, -0.15) is 5.10 Å². The summed E-state index contributed by atoms with van der Waals surface area (Å²) in [5.41, 5.74) is 5.88. The molecule has 0 amide bonds. The second kappa shape index (κ2) is 4.48. The molecule has 2 N–H and O–H groups in total. The molecule has 1 saturated heterocycles. The van der Waals surface area contributed by atoms with Gasteiger partial charge >= 0.3 is 0 Å². The fraction of sp³-hybridized carbons (Fsp3) is 0.667. The number of nitrogens with zero attached hydrogens (tertiary/aromatic N) is 2. The van der Waals surface area contributed by atoms with Gasteiger partial charge in [-0.15, -0.1) is 0 Å². The summed E-state index contributed by atoms with van der Waals surface area (Å²) in [4.78, 5) is 0. The third-order valence-electron chi connectivity index (χ3n) is 2.61. The lowest BCUT2D eigenvalue weighted by atomic mass is 10.0. The number of ether oxygens (including phenoxy) is 1. The van der Waals surface area contributed by atoms with Crippen LogP contribution in [0.2, 0.25) is 0 Å². The van der Waals surface area contributed by atoms with E-state index < -0.39 is 0 Å². The summed E-state index contributed by atoms with van der Waals surface area (Å²) in [5.74, 6) is 1.46. The van der Waals surface area contributed by atoms with Gasteiger partial charge in [0.25, 0.3) is 0 Å². The summed E-state index contributed by atoms with van der Waals surface area (Å²) < 4.78 is 8.25. The van der Waals surface area contributed by atoms with Crippen LogP contribution in [0.4, 0.5) is 5.82 Å². The Morgan fingerprint density at radius 3 is 2.86 bits per heavy atom. The first kappa shape index (κ1) is 10.2. The first-order valence-electron chi connectivity index (χ1n) is 4.82. The molecule has 2 heterocycles. The number of halogens is 1. The number of hydrogen-bond acceptors (Lipinski definition) is 3. The third kappa shape index (κ3) is 2.20. The molecule has 4 nitrogen and oxygen atoms in total. The number of nitrogens with two attached hydrogens (primary N) is 1. The van der Waals surface area contributed by atoms with Crippen LogP contribution in [0.15, 0.2) is 6.20 Å². The molecule has 0 atom stereocenters. The SMILES string of the molecule is Nc1c(I)cnn1CC1CCOCC1. The fourth-order valence-electron chi connectivity index (χ4n) is 1.69. The summed E-state index contributed by atoms with van der Waals surface area (Å²) in [6.07, 6.45) is 4.06. The van der Waals surface area contributed by atoms with E-state index in [2.05, 4.69) is 27.7 Å². The van der Waals surface area contributed by atoms with Crippen molar-refractivity contribution in [3.8, 4) is 0 Å². The van der Waals surface area contributed by atoms with Crippen LogP contribution < -0.4 is 5.73 Å². The van der Waals surface area contributed by atoms with Crippen molar-refractivity contribution < 1.29 is 4.74 Å². The molecule has 78 valence electrons. The van der Waals surface area contributed by atoms with E-state index in [9.17, 15) is 0 Å². The summed E-state index contributed by atoms with van der Waals surface area (Å²) in [6.45, 7) is 2.68. The molecule has 0 saturated carbocycles. The summed E-state index contributed by atoms with van der Waals surface area (Å²) in [7, 11) is 0. The zero-order valence-electron chi connectivity index (χ0n) is 7.95. The van der Waals surface area contributed by atoms with Gasteiger partial charge in [-0.1, -0.05) is 0 Å². The zero-order valence-corrected chi connectivity index (χ0v) is 10.1. The zero-order chi connectivity index (χ0) is 9.97. The summed E-state index contributed by atoms with van der Waals surface area (Å²) in [5, 5.41) is 4.25. The van der Waals surface area contributed by atoms with Crippen molar-refractivity contribution in [1.29, 1.82) is 0 Å². The molecule has 1 fully saturated rings. The second-order valence-electron chi connectivity index (χ2n) is 3.62. The molecule has 0 unspecified atom stereocenters. The molecular weight excluding hydrogens is 293 g/mol. The molecule has 14 heavy (non-hydrogen) atoms. The Bertz CT molecular complexity index is 307. The summed E-state index contributed by atoms with van der Waals surface area (Å²) in [6, 6.07) is 0. The predicted octanol–water partition coefficient (Wildman–Crippen LogP) is 1.50. The molecule has 1 aliphatic rings. The van der Waals surface area contributed by atoms with Crippen LogP contribution in [0.3, 0.4) is 0 Å². The molecular formula is C9H14IN3O. The van der Waals surface area contributed by atoms with Crippen molar-refractivity contribution in [2.45, 2.75) is 19.4 Å². The van der Waals surface area contributed by atoms with Crippen LogP contribution in [0.25, 0.3) is 0 Å². The van der Waals surface area contributed by atoms with E-state index in [0.717, 1.165) is 42.0 Å². The fourth-order valence-corrected chi connectivity index (χ4v) is 2.09. The number of anilines is 1. The van der Waals surface area contributed by atoms with Gasteiger partial charge in [0.05, 0.1) is 9.77 Å². The average Bonchev–Trinajstić information content (AvgIpc) is 2.52. The van der Waals surface area contributed by atoms with Crippen LogP contribution >= 0.6 is 22.6 Å². The van der Waals surface area contributed by atoms with Crippen molar-refractivity contribution >= 4 is 28.4 Å². The lowest BCUT2D eigenvalue weighted by molar-refractivity contribution is 0.0603. The van der Waals surface area contributed by atoms with E-state index in [1.807, 2.05) is 10.9 Å². The van der Waals surface area contributed by atoms with Gasteiger partial charge in [-0.05, 0) is 41.4 Å². The van der Waals surface area contributed by atoms with Gasteiger partial charge in [-0.3, -0.25) is 0 Å². The third-order valence-corrected chi connectivity index (χ3v) is 3.44. The van der Waals surface area contributed by atoms with Crippen LogP contribution in [-0.2, 0) is 11.3 Å². The molecule has 1 aromatic rings. The molecule has 0 bridgehead atoms. The van der Waals surface area contributed by atoms with Crippen LogP contribution in [0.5, 0.6) is 0 Å². The number of hydrogen-bond donors (Lipinski definition) is 1. The quantitative estimate of drug-likeness (QED) is 0.843. The molecule has 1 aromatic heterocycles. The van der Waals surface area contributed by atoms with Gasteiger partial charge < -0.3 is 10.5 Å². The lowest BCUT2D eigenvalue weighted by Crippen LogP contribution is -2.21. The van der Waals surface area contributed by atoms with Gasteiger partial charge in [0, 0.05) is 19.8 Å². The Kier molecular flexibility index (Phi) is 3.27. The second-order valence-corrected chi connectivity index (χ2v) is 4.78. The van der Waals surface area contributed by atoms with Crippen LogP contribution in [0.1, 0.15) is 12.8 Å². The molecule has 0 aromatic carbocycles. The number of nitrogen functional groups attached to an aromatic ring is 1. The van der Waals surface area contributed by atoms with Gasteiger partial charge in [-0.25, -0.2) is 4.68 Å². The van der Waals surface area contributed by atoms with Gasteiger partial charge in [0.1, 0.15) is 5.82 Å². The van der Waals surface area contributed by atoms with E-state index in [4.69, 9.17) is 10.5 Å². The molecule has 0 spiro atoms. The van der Waals surface area contributed by atoms with Gasteiger partial charge in [0.15, 0.2) is 0 Å². The molecule has 1 aliphatic heterocycles. The highest BCUT2D eigenvalue weighted by Gasteiger charge is 2.16. The first-order valence-corrected chi connectivity index (χ1v) is 5.90. The van der Waals surface area contributed by atoms with E-state index >= 15 is 0 Å². The molecule has 2 rings (SSSR count). The minimum atomic E-state index is 0.668. The topological polar surface area (TPSA) is 53.1 Å². The Morgan fingerprint density at radius 1 is 1.57 bits per heavy atom. The van der Waals surface area contributed by atoms with E-state index in [1.165, 1.54) is 0 Å². The van der Waals surface area contributed by atoms with Gasteiger partial charge in [0.2, 0.25) is 0 Å². The monoisotopic (exact) mass is 307 g/mol. The van der Waals surface area contributed by atoms with Crippen molar-refractivity contribution in [2.24, 2.45) is 5.92 Å². The maximum atomic E-state index is 5.88. The van der Waals surface area contributed by atoms with E-state index in [0.29, 0.717) is 5.92 Å². The smallest absolute Gasteiger partial charge is 0.135 e. The minimum Gasteiger partial charge on any atom is -0.383 e. The highest BCUT2D eigenvalue weighted by Crippen LogP contribution is 2.20. The Balaban J connectivity index is 1.99. The Hall–Kier alpha value is -0.300. The predicted molar refractivity (Wildman–Crippen MR) is 62.9 cm³/mol. The van der Waals surface area contributed by atoms with E-state index in [-0.39, 0.29) is 0 Å². The minimum absolute atomic E-state index is 0.668. The highest BCUT2D eigenvalue weighted by molar-refractivity contribution is 14.1. The van der Waals surface area contributed by atoms with Crippen LogP contribution in [-0.4, -0.2) is 23.0 Å². The maximum Gasteiger partial charge on any atom is 0.135 e. The lowest BCUT2D eigenvalue weighted by Gasteiger charge is -2.22. The van der Waals surface area contributed by atoms with Crippen molar-refractivity contribution in [1.82, 2.24) is 9.78 Å². The molecule has 0 aliphatic carbocycles. The standard InChI is InChI=1S/C9H14IN3O/c10-8-5-12-13(9(8)11)6-7-1-3-14-4-2-7/h5,7H,1-4,6,11H2. The van der Waals surface area contributed by atoms with Crippen molar-refractivity contribution in [3.63, 3.8) is 0 Å². The summed E-state index contributed by atoms with van der Waals surface area (Å²) >= 11 is 2.21. The highest BCUT2D eigenvalue weighted by atomic mass is 127. The van der Waals surface area contributed by atoms with E-state index in [1.54, 1.807) is 0 Å². The normalized spacial score (nSPS) is 18.6. The Morgan fingerprint density at radius 2 is 2.29 bits per heavy atom. The van der Waals surface area contributed by atoms with Crippen LogP contribution in [0, 0.1) is 9.49 Å². The molecule has 0 radical (unpaired) electrons. The maximum absolute atomic E-state index is 5.88. The number of rotatable bonds is 2.